The van der Waals surface area contributed by atoms with Gasteiger partial charge in [0.1, 0.15) is 6.61 Å². The summed E-state index contributed by atoms with van der Waals surface area (Å²) in [6, 6.07) is 5.28. The van der Waals surface area contributed by atoms with Crippen LogP contribution in [0.1, 0.15) is 11.5 Å². The summed E-state index contributed by atoms with van der Waals surface area (Å²) in [6.45, 7) is 4.17. The number of carbonyl (C=O) groups is 2. The van der Waals surface area contributed by atoms with Crippen molar-refractivity contribution in [1.29, 1.82) is 0 Å². The van der Waals surface area contributed by atoms with E-state index in [2.05, 4.69) is 6.58 Å². The van der Waals surface area contributed by atoms with Gasteiger partial charge in [-0.05, 0) is 19.7 Å². The van der Waals surface area contributed by atoms with Crippen molar-refractivity contribution in [2.24, 2.45) is 0 Å². The normalized spacial score (nSPS) is 16.6. The summed E-state index contributed by atoms with van der Waals surface area (Å²) in [5.41, 5.74) is 0.674. The van der Waals surface area contributed by atoms with Crippen LogP contribution in [-0.2, 0) is 9.53 Å². The zero-order chi connectivity index (χ0) is 17.9. The molecule has 1 fully saturated rings. The zero-order valence-electron chi connectivity index (χ0n) is 13.5. The first kappa shape index (κ1) is 17.6. The van der Waals surface area contributed by atoms with Gasteiger partial charge in [0, 0.05) is 18.1 Å². The Bertz CT molecular complexity index is 656. The van der Waals surface area contributed by atoms with Crippen molar-refractivity contribution in [2.45, 2.75) is 12.0 Å². The largest absolute Gasteiger partial charge is 0.447 e. The first-order valence-corrected chi connectivity index (χ1v) is 7.38. The maximum Gasteiger partial charge on any atom is 0.416 e. The summed E-state index contributed by atoms with van der Waals surface area (Å²) < 4.78 is 4.82. The smallest absolute Gasteiger partial charge is 0.416 e. The fourth-order valence-corrected chi connectivity index (χ4v) is 2.71. The number of hydrogen-bond acceptors (Lipinski definition) is 6. The summed E-state index contributed by atoms with van der Waals surface area (Å²) in [5, 5.41) is 10.8. The average molecular weight is 333 g/mol. The Balaban J connectivity index is 2.32. The van der Waals surface area contributed by atoms with E-state index in [9.17, 15) is 19.7 Å². The third kappa shape index (κ3) is 3.43. The van der Waals surface area contributed by atoms with Crippen LogP contribution in [0.5, 0.6) is 0 Å². The molecule has 0 N–H and O–H groups in total. The highest BCUT2D eigenvalue weighted by molar-refractivity contribution is 5.96. The van der Waals surface area contributed by atoms with Crippen LogP contribution >= 0.6 is 0 Å². The molecule has 1 aromatic rings. The lowest BCUT2D eigenvalue weighted by molar-refractivity contribution is -0.384. The number of ether oxygens (including phenoxy) is 1. The van der Waals surface area contributed by atoms with Crippen LogP contribution < -0.4 is 0 Å². The number of benzene rings is 1. The summed E-state index contributed by atoms with van der Waals surface area (Å²) in [5.74, 6) is -0.813. The summed E-state index contributed by atoms with van der Waals surface area (Å²) in [7, 11) is 3.46. The van der Waals surface area contributed by atoms with E-state index in [0.717, 1.165) is 4.90 Å². The Hall–Kier alpha value is -2.74. The molecule has 0 unspecified atom stereocenters. The van der Waals surface area contributed by atoms with Crippen LogP contribution in [0, 0.1) is 10.1 Å². The van der Waals surface area contributed by atoms with E-state index in [1.165, 1.54) is 12.1 Å². The maximum atomic E-state index is 12.8. The fourth-order valence-electron chi connectivity index (χ4n) is 2.71. The molecule has 1 aliphatic rings. The molecule has 1 heterocycles. The van der Waals surface area contributed by atoms with Crippen molar-refractivity contribution < 1.29 is 19.2 Å². The predicted octanol–water partition coefficient (Wildman–Crippen LogP) is 1.77. The topological polar surface area (TPSA) is 93.0 Å². The van der Waals surface area contributed by atoms with Gasteiger partial charge in [0.05, 0.1) is 17.5 Å². The second kappa shape index (κ2) is 7.22. The average Bonchev–Trinajstić information content (AvgIpc) is 2.97. The number of hydrogen-bond donors (Lipinski definition) is 0. The lowest BCUT2D eigenvalue weighted by Gasteiger charge is -2.31. The van der Waals surface area contributed by atoms with Crippen molar-refractivity contribution in [3.63, 3.8) is 0 Å². The van der Waals surface area contributed by atoms with Crippen molar-refractivity contribution in [3.8, 4) is 0 Å². The number of carbonyl (C=O) groups excluding carboxylic acids is 2. The van der Waals surface area contributed by atoms with E-state index in [1.807, 2.05) is 0 Å². The zero-order valence-corrected chi connectivity index (χ0v) is 13.5. The van der Waals surface area contributed by atoms with Crippen LogP contribution in [0.4, 0.5) is 10.5 Å². The lowest BCUT2D eigenvalue weighted by atomic mass is 9.89. The third-order valence-corrected chi connectivity index (χ3v) is 3.92. The van der Waals surface area contributed by atoms with Gasteiger partial charge in [-0.3, -0.25) is 19.8 Å². The molecule has 128 valence electrons. The minimum absolute atomic E-state index is 0.0302. The molecule has 8 nitrogen and oxygen atoms in total. The number of cyclic esters (lactones) is 1. The molecule has 0 spiro atoms. The predicted molar refractivity (Wildman–Crippen MR) is 86.6 cm³/mol. The molecule has 0 bridgehead atoms. The van der Waals surface area contributed by atoms with Crippen molar-refractivity contribution in [2.75, 3.05) is 27.2 Å². The summed E-state index contributed by atoms with van der Waals surface area (Å²) >= 11 is 0. The lowest BCUT2D eigenvalue weighted by Crippen LogP contribution is -2.49. The van der Waals surface area contributed by atoms with E-state index < -0.39 is 23.0 Å². The number of rotatable bonds is 6. The Labute approximate surface area is 139 Å². The van der Waals surface area contributed by atoms with Gasteiger partial charge in [-0.1, -0.05) is 18.2 Å². The van der Waals surface area contributed by atoms with E-state index >= 15 is 0 Å². The Morgan fingerprint density at radius 1 is 1.42 bits per heavy atom. The van der Waals surface area contributed by atoms with Crippen molar-refractivity contribution >= 4 is 17.7 Å². The van der Waals surface area contributed by atoms with Crippen LogP contribution in [0.15, 0.2) is 36.9 Å². The van der Waals surface area contributed by atoms with Crippen LogP contribution in [0.3, 0.4) is 0 Å². The van der Waals surface area contributed by atoms with Gasteiger partial charge in [0.2, 0.25) is 5.91 Å². The highest BCUT2D eigenvalue weighted by Gasteiger charge is 2.38. The van der Waals surface area contributed by atoms with Crippen molar-refractivity contribution in [3.05, 3.63) is 52.6 Å². The first-order chi connectivity index (χ1) is 11.4. The molecular weight excluding hydrogens is 314 g/mol. The number of amides is 2. The molecule has 0 radical (unpaired) electrons. The molecule has 2 rings (SSSR count). The molecular formula is C16H19N3O5. The molecule has 1 saturated heterocycles. The van der Waals surface area contributed by atoms with Gasteiger partial charge in [-0.25, -0.2) is 9.69 Å². The molecule has 1 aromatic carbocycles. The standard InChI is InChI=1S/C16H19N3O5/c1-4-13(11-5-7-12(8-6-11)19(22)23)14(17(2)3)15(20)18-9-10-24-16(18)21/h4-8,13-14H,1,9-10H2,2-3H3/t13-,14-/m0/s1. The first-order valence-electron chi connectivity index (χ1n) is 7.38. The second-order valence-corrected chi connectivity index (χ2v) is 5.62. The van der Waals surface area contributed by atoms with E-state index in [-0.39, 0.29) is 24.7 Å². The summed E-state index contributed by atoms with van der Waals surface area (Å²) in [4.78, 5) is 37.5. The highest BCUT2D eigenvalue weighted by atomic mass is 16.6. The Morgan fingerprint density at radius 2 is 2.04 bits per heavy atom. The minimum Gasteiger partial charge on any atom is -0.447 e. The fraction of sp³-hybridized carbons (Fsp3) is 0.375. The van der Waals surface area contributed by atoms with Gasteiger partial charge in [-0.15, -0.1) is 6.58 Å². The number of non-ortho nitro benzene ring substituents is 1. The van der Waals surface area contributed by atoms with Crippen molar-refractivity contribution in [1.82, 2.24) is 9.80 Å². The number of imide groups is 1. The molecule has 0 saturated carbocycles. The molecule has 0 aromatic heterocycles. The number of likely N-dealkylation sites (N-methyl/N-ethyl adjacent to an activating group) is 1. The van der Waals surface area contributed by atoms with Crippen LogP contribution in [0.25, 0.3) is 0 Å². The van der Waals surface area contributed by atoms with Gasteiger partial charge in [-0.2, -0.15) is 0 Å². The number of nitro benzene ring substituents is 1. The number of nitro groups is 1. The van der Waals surface area contributed by atoms with Crippen LogP contribution in [0.2, 0.25) is 0 Å². The van der Waals surface area contributed by atoms with E-state index in [0.29, 0.717) is 5.56 Å². The highest BCUT2D eigenvalue weighted by Crippen LogP contribution is 2.27. The SMILES string of the molecule is C=C[C@@H](c1ccc([N+](=O)[O-])cc1)[C@@H](C(=O)N1CCOC1=O)N(C)C. The van der Waals surface area contributed by atoms with Gasteiger partial charge in [0.25, 0.3) is 5.69 Å². The summed E-state index contributed by atoms with van der Waals surface area (Å²) in [6.07, 6.45) is 0.948. The monoisotopic (exact) mass is 333 g/mol. The molecule has 24 heavy (non-hydrogen) atoms. The van der Waals surface area contributed by atoms with Gasteiger partial charge >= 0.3 is 6.09 Å². The van der Waals surface area contributed by atoms with Gasteiger partial charge in [0.15, 0.2) is 0 Å². The molecule has 8 heteroatoms. The molecule has 0 aliphatic carbocycles. The van der Waals surface area contributed by atoms with E-state index in [1.54, 1.807) is 37.2 Å². The molecule has 1 aliphatic heterocycles. The third-order valence-electron chi connectivity index (χ3n) is 3.92. The Morgan fingerprint density at radius 3 is 2.46 bits per heavy atom. The second-order valence-electron chi connectivity index (χ2n) is 5.62. The maximum absolute atomic E-state index is 12.8. The van der Waals surface area contributed by atoms with Gasteiger partial charge < -0.3 is 4.74 Å². The molecule has 2 atom stereocenters. The van der Waals surface area contributed by atoms with E-state index in [4.69, 9.17) is 4.74 Å². The Kier molecular flexibility index (Phi) is 5.30. The number of nitrogens with zero attached hydrogens (tertiary/aromatic N) is 3. The molecule has 2 amide bonds. The minimum atomic E-state index is -0.672. The van der Waals surface area contributed by atoms with Crippen LogP contribution in [-0.4, -0.2) is 60.0 Å². The quantitative estimate of drug-likeness (QED) is 0.447.